The number of nitrogens with one attached hydrogen (secondary N) is 1. The van der Waals surface area contributed by atoms with Gasteiger partial charge in [0.1, 0.15) is 0 Å². The fourth-order valence-corrected chi connectivity index (χ4v) is 3.34. The first-order valence-electron chi connectivity index (χ1n) is 8.30. The Morgan fingerprint density at radius 2 is 1.54 bits per heavy atom. The van der Waals surface area contributed by atoms with Crippen molar-refractivity contribution in [1.29, 1.82) is 0 Å². The van der Waals surface area contributed by atoms with E-state index in [1.807, 2.05) is 84.9 Å². The average molecular weight is 402 g/mol. The number of fused-ring (bicyclic) bond motifs is 1. The van der Waals surface area contributed by atoms with E-state index < -0.39 is 5.60 Å². The van der Waals surface area contributed by atoms with Crippen molar-refractivity contribution in [1.82, 2.24) is 4.98 Å². The molecule has 1 aromatic heterocycles. The summed E-state index contributed by atoms with van der Waals surface area (Å²) in [5, 5.41) is 12.6. The van der Waals surface area contributed by atoms with Gasteiger partial charge in [0.25, 0.3) is 0 Å². The Labute approximate surface area is 160 Å². The Morgan fingerprint density at radius 1 is 0.846 bits per heavy atom. The molecule has 1 unspecified atom stereocenters. The van der Waals surface area contributed by atoms with E-state index in [-0.39, 0.29) is 0 Å². The van der Waals surface area contributed by atoms with Crippen molar-refractivity contribution < 1.29 is 5.11 Å². The van der Waals surface area contributed by atoms with Crippen LogP contribution in [0, 0.1) is 11.8 Å². The molecule has 3 heteroatoms. The van der Waals surface area contributed by atoms with E-state index in [1.54, 1.807) is 0 Å². The predicted octanol–water partition coefficient (Wildman–Crippen LogP) is 5.22. The molecule has 4 rings (SSSR count). The summed E-state index contributed by atoms with van der Waals surface area (Å²) < 4.78 is 0.995. The molecule has 4 aromatic rings. The minimum absolute atomic E-state index is 0.653. The third kappa shape index (κ3) is 3.17. The van der Waals surface area contributed by atoms with Crippen LogP contribution < -0.4 is 0 Å². The Morgan fingerprint density at radius 3 is 2.27 bits per heavy atom. The van der Waals surface area contributed by atoms with Gasteiger partial charge >= 0.3 is 0 Å². The van der Waals surface area contributed by atoms with Gasteiger partial charge in [-0.1, -0.05) is 76.3 Å². The van der Waals surface area contributed by atoms with Crippen LogP contribution in [0.2, 0.25) is 0 Å². The summed E-state index contributed by atoms with van der Waals surface area (Å²) in [5.74, 6) is 6.19. The number of aromatic amines is 1. The second-order valence-electron chi connectivity index (χ2n) is 6.11. The van der Waals surface area contributed by atoms with Gasteiger partial charge < -0.3 is 10.1 Å². The zero-order valence-electron chi connectivity index (χ0n) is 13.9. The van der Waals surface area contributed by atoms with Crippen LogP contribution in [-0.4, -0.2) is 10.1 Å². The lowest BCUT2D eigenvalue weighted by Gasteiger charge is -2.21. The van der Waals surface area contributed by atoms with E-state index in [0.29, 0.717) is 5.69 Å². The number of aliphatic hydroxyl groups is 1. The SMILES string of the molecule is OC(C#Cc1ccccc1)(c1ccccc1)c1cc2cc(Br)ccc2[nH]1. The Hall–Kier alpha value is -2.80. The number of aromatic nitrogens is 1. The average Bonchev–Trinajstić information content (AvgIpc) is 3.11. The zero-order chi connectivity index (χ0) is 18.0. The van der Waals surface area contributed by atoms with Crippen LogP contribution in [0.1, 0.15) is 16.8 Å². The van der Waals surface area contributed by atoms with Crippen LogP contribution in [0.25, 0.3) is 10.9 Å². The van der Waals surface area contributed by atoms with Crippen LogP contribution in [-0.2, 0) is 5.60 Å². The molecular formula is C23H16BrNO. The quantitative estimate of drug-likeness (QED) is 0.444. The van der Waals surface area contributed by atoms with Gasteiger partial charge in [-0.05, 0) is 36.4 Å². The lowest BCUT2D eigenvalue weighted by Crippen LogP contribution is -2.25. The summed E-state index contributed by atoms with van der Waals surface area (Å²) in [6.07, 6.45) is 0. The zero-order valence-corrected chi connectivity index (χ0v) is 15.5. The molecule has 126 valence electrons. The highest BCUT2D eigenvalue weighted by Gasteiger charge is 2.31. The topological polar surface area (TPSA) is 36.0 Å². The highest BCUT2D eigenvalue weighted by atomic mass is 79.9. The molecule has 0 amide bonds. The fourth-order valence-electron chi connectivity index (χ4n) is 2.96. The predicted molar refractivity (Wildman–Crippen MR) is 109 cm³/mol. The molecule has 0 bridgehead atoms. The van der Waals surface area contributed by atoms with Gasteiger partial charge in [-0.15, -0.1) is 0 Å². The summed E-state index contributed by atoms with van der Waals surface area (Å²) in [7, 11) is 0. The number of halogens is 1. The monoisotopic (exact) mass is 401 g/mol. The van der Waals surface area contributed by atoms with E-state index in [0.717, 1.165) is 26.5 Å². The second-order valence-corrected chi connectivity index (χ2v) is 7.02. The van der Waals surface area contributed by atoms with Crippen LogP contribution >= 0.6 is 15.9 Å². The molecular weight excluding hydrogens is 386 g/mol. The van der Waals surface area contributed by atoms with Crippen molar-refractivity contribution in [2.24, 2.45) is 0 Å². The Kier molecular flexibility index (Phi) is 4.38. The lowest BCUT2D eigenvalue weighted by molar-refractivity contribution is 0.141. The molecule has 3 aromatic carbocycles. The normalized spacial score (nSPS) is 13.0. The van der Waals surface area contributed by atoms with E-state index in [4.69, 9.17) is 0 Å². The molecule has 2 N–H and O–H groups in total. The number of benzene rings is 3. The molecule has 2 nitrogen and oxygen atoms in total. The maximum absolute atomic E-state index is 11.6. The van der Waals surface area contributed by atoms with E-state index >= 15 is 0 Å². The lowest BCUT2D eigenvalue weighted by atomic mass is 9.90. The molecule has 0 aliphatic carbocycles. The second kappa shape index (κ2) is 6.84. The van der Waals surface area contributed by atoms with Crippen molar-refractivity contribution in [3.63, 3.8) is 0 Å². The van der Waals surface area contributed by atoms with Crippen molar-refractivity contribution in [2.75, 3.05) is 0 Å². The first kappa shape index (κ1) is 16.7. The largest absolute Gasteiger partial charge is 0.368 e. The molecule has 0 radical (unpaired) electrons. The van der Waals surface area contributed by atoms with E-state index in [1.165, 1.54) is 0 Å². The maximum Gasteiger partial charge on any atom is 0.192 e. The molecule has 26 heavy (non-hydrogen) atoms. The van der Waals surface area contributed by atoms with Crippen molar-refractivity contribution >= 4 is 26.8 Å². The minimum atomic E-state index is -1.43. The molecule has 0 spiro atoms. The van der Waals surface area contributed by atoms with E-state index in [2.05, 4.69) is 32.8 Å². The minimum Gasteiger partial charge on any atom is -0.368 e. The first-order valence-corrected chi connectivity index (χ1v) is 9.09. The Balaban J connectivity index is 1.89. The Bertz CT molecular complexity index is 1110. The van der Waals surface area contributed by atoms with Gasteiger partial charge in [-0.25, -0.2) is 0 Å². The fraction of sp³-hybridized carbons (Fsp3) is 0.0435. The van der Waals surface area contributed by atoms with Gasteiger partial charge in [-0.3, -0.25) is 0 Å². The highest BCUT2D eigenvalue weighted by Crippen LogP contribution is 2.32. The first-order chi connectivity index (χ1) is 12.6. The summed E-state index contributed by atoms with van der Waals surface area (Å²) in [5.41, 5.74) is 1.77. The number of hydrogen-bond acceptors (Lipinski definition) is 1. The van der Waals surface area contributed by atoms with Crippen molar-refractivity contribution in [3.8, 4) is 11.8 Å². The maximum atomic E-state index is 11.6. The summed E-state index contributed by atoms with van der Waals surface area (Å²) >= 11 is 3.49. The molecule has 1 atom stereocenters. The molecule has 0 fully saturated rings. The van der Waals surface area contributed by atoms with Crippen LogP contribution in [0.5, 0.6) is 0 Å². The molecule has 0 aliphatic heterocycles. The van der Waals surface area contributed by atoms with Crippen LogP contribution in [0.15, 0.2) is 89.4 Å². The van der Waals surface area contributed by atoms with Gasteiger partial charge in [0, 0.05) is 26.5 Å². The van der Waals surface area contributed by atoms with Crippen molar-refractivity contribution in [2.45, 2.75) is 5.60 Å². The van der Waals surface area contributed by atoms with E-state index in [9.17, 15) is 5.11 Å². The van der Waals surface area contributed by atoms with Gasteiger partial charge in [0.05, 0.1) is 5.69 Å². The summed E-state index contributed by atoms with van der Waals surface area (Å²) in [4.78, 5) is 3.32. The van der Waals surface area contributed by atoms with Gasteiger partial charge in [-0.2, -0.15) is 0 Å². The number of hydrogen-bond donors (Lipinski definition) is 2. The highest BCUT2D eigenvalue weighted by molar-refractivity contribution is 9.10. The van der Waals surface area contributed by atoms with Gasteiger partial charge in [0.15, 0.2) is 5.60 Å². The van der Waals surface area contributed by atoms with Gasteiger partial charge in [0.2, 0.25) is 0 Å². The standard InChI is InChI=1S/C23H16BrNO/c24-20-11-12-21-18(15-20)16-22(25-21)23(26,19-9-5-2-6-10-19)14-13-17-7-3-1-4-8-17/h1-12,15-16,25-26H. The van der Waals surface area contributed by atoms with Crippen LogP contribution in [0.3, 0.4) is 0 Å². The summed E-state index contributed by atoms with van der Waals surface area (Å²) in [6, 6.07) is 27.1. The molecule has 0 saturated carbocycles. The third-order valence-electron chi connectivity index (χ3n) is 4.33. The molecule has 0 saturated heterocycles. The summed E-state index contributed by atoms with van der Waals surface area (Å²) in [6.45, 7) is 0. The smallest absolute Gasteiger partial charge is 0.192 e. The number of rotatable bonds is 2. The molecule has 0 aliphatic rings. The van der Waals surface area contributed by atoms with Crippen LogP contribution in [0.4, 0.5) is 0 Å². The number of H-pyrrole nitrogens is 1. The molecule has 1 heterocycles. The van der Waals surface area contributed by atoms with Crippen molar-refractivity contribution in [3.05, 3.63) is 106 Å². The third-order valence-corrected chi connectivity index (χ3v) is 4.82.